The van der Waals surface area contributed by atoms with Gasteiger partial charge >= 0.3 is 0 Å². The van der Waals surface area contributed by atoms with Crippen molar-refractivity contribution < 1.29 is 4.79 Å². The van der Waals surface area contributed by atoms with E-state index in [1.807, 2.05) is 11.3 Å². The predicted molar refractivity (Wildman–Crippen MR) is 91.1 cm³/mol. The SMILES string of the molecule is CC(CNC(=O)c1ccc(N)cc1)N1CCc2sccc2C1. The van der Waals surface area contributed by atoms with Crippen molar-refractivity contribution in [2.45, 2.75) is 25.9 Å². The number of amides is 1. The summed E-state index contributed by atoms with van der Waals surface area (Å²) in [7, 11) is 0. The van der Waals surface area contributed by atoms with Crippen molar-refractivity contribution in [3.05, 3.63) is 51.7 Å². The highest BCUT2D eigenvalue weighted by Gasteiger charge is 2.21. The lowest BCUT2D eigenvalue weighted by molar-refractivity contribution is 0.0933. The maximum absolute atomic E-state index is 12.1. The molecule has 1 atom stereocenters. The highest BCUT2D eigenvalue weighted by molar-refractivity contribution is 7.10. The van der Waals surface area contributed by atoms with Crippen LogP contribution in [0.2, 0.25) is 0 Å². The first kappa shape index (κ1) is 15.1. The van der Waals surface area contributed by atoms with Crippen LogP contribution in [0.1, 0.15) is 27.7 Å². The molecule has 1 aromatic carbocycles. The Morgan fingerprint density at radius 3 is 2.91 bits per heavy atom. The number of nitrogens with two attached hydrogens (primary N) is 1. The third-order valence-corrected chi connectivity index (χ3v) is 5.21. The van der Waals surface area contributed by atoms with E-state index in [9.17, 15) is 4.79 Å². The van der Waals surface area contributed by atoms with Gasteiger partial charge in [0.1, 0.15) is 0 Å². The zero-order chi connectivity index (χ0) is 15.5. The smallest absolute Gasteiger partial charge is 0.251 e. The molecule has 1 aromatic heterocycles. The van der Waals surface area contributed by atoms with Crippen LogP contribution < -0.4 is 11.1 Å². The van der Waals surface area contributed by atoms with Crippen LogP contribution in [0.25, 0.3) is 0 Å². The van der Waals surface area contributed by atoms with Gasteiger partial charge in [-0.25, -0.2) is 0 Å². The molecule has 2 aromatic rings. The summed E-state index contributed by atoms with van der Waals surface area (Å²) in [6.07, 6.45) is 1.11. The molecule has 3 N–H and O–H groups in total. The van der Waals surface area contributed by atoms with E-state index >= 15 is 0 Å². The predicted octanol–water partition coefficient (Wildman–Crippen LogP) is 2.51. The van der Waals surface area contributed by atoms with Crippen LogP contribution in [0.4, 0.5) is 5.69 Å². The van der Waals surface area contributed by atoms with Gasteiger partial charge in [0, 0.05) is 41.8 Å². The Bertz CT molecular complexity index is 650. The maximum Gasteiger partial charge on any atom is 0.251 e. The maximum atomic E-state index is 12.1. The Morgan fingerprint density at radius 1 is 1.36 bits per heavy atom. The Hall–Kier alpha value is -1.85. The van der Waals surface area contributed by atoms with Crippen molar-refractivity contribution >= 4 is 22.9 Å². The standard InChI is InChI=1S/C17H21N3OS/c1-12(20-8-6-16-14(11-20)7-9-22-16)10-19-17(21)13-2-4-15(18)5-3-13/h2-5,7,9,12H,6,8,10-11,18H2,1H3,(H,19,21). The van der Waals surface area contributed by atoms with Crippen LogP contribution >= 0.6 is 11.3 Å². The molecule has 1 aliphatic rings. The van der Waals surface area contributed by atoms with Crippen molar-refractivity contribution in [3.63, 3.8) is 0 Å². The molecule has 2 heterocycles. The number of fused-ring (bicyclic) bond motifs is 1. The molecule has 1 aliphatic heterocycles. The van der Waals surface area contributed by atoms with E-state index in [-0.39, 0.29) is 5.91 Å². The molecule has 0 bridgehead atoms. The monoisotopic (exact) mass is 315 g/mol. The van der Waals surface area contributed by atoms with Crippen molar-refractivity contribution in [2.24, 2.45) is 0 Å². The molecular formula is C17H21N3OS. The number of nitrogens with one attached hydrogen (secondary N) is 1. The Balaban J connectivity index is 1.53. The topological polar surface area (TPSA) is 58.4 Å². The third-order valence-electron chi connectivity index (χ3n) is 4.19. The van der Waals surface area contributed by atoms with Crippen molar-refractivity contribution in [1.29, 1.82) is 0 Å². The Labute approximate surface area is 134 Å². The average molecular weight is 315 g/mol. The van der Waals surface area contributed by atoms with Gasteiger partial charge in [-0.2, -0.15) is 0 Å². The normalized spacial score (nSPS) is 16.0. The number of rotatable bonds is 4. The summed E-state index contributed by atoms with van der Waals surface area (Å²) in [5.41, 5.74) is 8.40. The summed E-state index contributed by atoms with van der Waals surface area (Å²) in [6, 6.07) is 9.56. The second kappa shape index (κ2) is 6.50. The molecule has 0 aliphatic carbocycles. The van der Waals surface area contributed by atoms with Crippen molar-refractivity contribution in [1.82, 2.24) is 10.2 Å². The van der Waals surface area contributed by atoms with Crippen molar-refractivity contribution in [3.8, 4) is 0 Å². The fourth-order valence-electron chi connectivity index (χ4n) is 2.75. The van der Waals surface area contributed by atoms with Crippen LogP contribution in [0.3, 0.4) is 0 Å². The molecule has 116 valence electrons. The highest BCUT2D eigenvalue weighted by Crippen LogP contribution is 2.24. The van der Waals surface area contributed by atoms with Gasteiger partial charge in [-0.1, -0.05) is 0 Å². The van der Waals surface area contributed by atoms with Gasteiger partial charge in [0.15, 0.2) is 0 Å². The second-order valence-electron chi connectivity index (χ2n) is 5.77. The molecular weight excluding hydrogens is 294 g/mol. The first-order chi connectivity index (χ1) is 10.6. The number of carbonyl (C=O) groups is 1. The quantitative estimate of drug-likeness (QED) is 0.852. The van der Waals surface area contributed by atoms with E-state index in [2.05, 4.69) is 28.6 Å². The minimum absolute atomic E-state index is 0.0416. The molecule has 22 heavy (non-hydrogen) atoms. The minimum atomic E-state index is -0.0416. The third kappa shape index (κ3) is 3.31. The van der Waals surface area contributed by atoms with Gasteiger partial charge in [0.05, 0.1) is 0 Å². The molecule has 0 radical (unpaired) electrons. The number of thiophene rings is 1. The minimum Gasteiger partial charge on any atom is -0.399 e. The summed E-state index contributed by atoms with van der Waals surface area (Å²) in [5.74, 6) is -0.0416. The lowest BCUT2D eigenvalue weighted by Gasteiger charge is -2.32. The molecule has 4 nitrogen and oxygen atoms in total. The van der Waals surface area contributed by atoms with E-state index in [0.717, 1.165) is 19.5 Å². The van der Waals surface area contributed by atoms with Crippen LogP contribution in [0.15, 0.2) is 35.7 Å². The van der Waals surface area contributed by atoms with Gasteiger partial charge in [-0.3, -0.25) is 9.69 Å². The number of hydrogen-bond donors (Lipinski definition) is 2. The molecule has 0 saturated heterocycles. The van der Waals surface area contributed by atoms with Gasteiger partial charge in [-0.15, -0.1) is 11.3 Å². The zero-order valence-corrected chi connectivity index (χ0v) is 13.5. The van der Waals surface area contributed by atoms with Crippen LogP contribution in [0, 0.1) is 0 Å². The second-order valence-corrected chi connectivity index (χ2v) is 6.77. The average Bonchev–Trinajstić information content (AvgIpc) is 3.00. The fourth-order valence-corrected chi connectivity index (χ4v) is 3.64. The van der Waals surface area contributed by atoms with Crippen LogP contribution in [-0.4, -0.2) is 29.9 Å². The fraction of sp³-hybridized carbons (Fsp3) is 0.353. The summed E-state index contributed by atoms with van der Waals surface area (Å²) in [4.78, 5) is 16.1. The van der Waals surface area contributed by atoms with E-state index in [1.165, 1.54) is 10.4 Å². The molecule has 0 saturated carbocycles. The largest absolute Gasteiger partial charge is 0.399 e. The number of nitrogens with zero attached hydrogens (tertiary/aromatic N) is 1. The summed E-state index contributed by atoms with van der Waals surface area (Å²) in [5, 5.41) is 5.18. The first-order valence-electron chi connectivity index (χ1n) is 7.56. The molecule has 3 rings (SSSR count). The number of hydrogen-bond acceptors (Lipinski definition) is 4. The Kier molecular flexibility index (Phi) is 4.45. The lowest BCUT2D eigenvalue weighted by atomic mass is 10.1. The molecule has 5 heteroatoms. The van der Waals surface area contributed by atoms with Gasteiger partial charge in [-0.05, 0) is 54.6 Å². The number of benzene rings is 1. The van der Waals surface area contributed by atoms with Gasteiger partial charge in [0.25, 0.3) is 5.91 Å². The van der Waals surface area contributed by atoms with E-state index in [1.54, 1.807) is 24.3 Å². The summed E-state index contributed by atoms with van der Waals surface area (Å²) in [6.45, 7) is 4.87. The van der Waals surface area contributed by atoms with E-state index in [0.29, 0.717) is 23.8 Å². The number of carbonyl (C=O) groups excluding carboxylic acids is 1. The highest BCUT2D eigenvalue weighted by atomic mass is 32.1. The van der Waals surface area contributed by atoms with Crippen molar-refractivity contribution in [2.75, 3.05) is 18.8 Å². The number of nitrogen functional groups attached to an aromatic ring is 1. The lowest BCUT2D eigenvalue weighted by Crippen LogP contribution is -2.44. The first-order valence-corrected chi connectivity index (χ1v) is 8.44. The Morgan fingerprint density at radius 2 is 2.14 bits per heavy atom. The van der Waals surface area contributed by atoms with Gasteiger partial charge < -0.3 is 11.1 Å². The zero-order valence-electron chi connectivity index (χ0n) is 12.7. The van der Waals surface area contributed by atoms with E-state index < -0.39 is 0 Å². The molecule has 0 fully saturated rings. The summed E-state index contributed by atoms with van der Waals surface area (Å²) < 4.78 is 0. The van der Waals surface area contributed by atoms with E-state index in [4.69, 9.17) is 5.73 Å². The van der Waals surface area contributed by atoms with Gasteiger partial charge in [0.2, 0.25) is 0 Å². The molecule has 0 spiro atoms. The summed E-state index contributed by atoms with van der Waals surface area (Å²) >= 11 is 1.85. The van der Waals surface area contributed by atoms with Crippen LogP contribution in [-0.2, 0) is 13.0 Å². The van der Waals surface area contributed by atoms with Crippen LogP contribution in [0.5, 0.6) is 0 Å². The number of anilines is 1. The molecule has 1 unspecified atom stereocenters. The molecule has 1 amide bonds.